The minimum absolute atomic E-state index is 0.00981. The molecule has 0 radical (unpaired) electrons. The number of hydrogen-bond acceptors (Lipinski definition) is 1. The summed E-state index contributed by atoms with van der Waals surface area (Å²) in [5.41, 5.74) is 9.20. The van der Waals surface area contributed by atoms with Gasteiger partial charge in [-0.2, -0.15) is 0 Å². The number of benzene rings is 1. The van der Waals surface area contributed by atoms with Crippen molar-refractivity contribution in [1.29, 1.82) is 0 Å². The molecule has 0 aromatic heterocycles. The third-order valence-electron chi connectivity index (χ3n) is 3.15. The van der Waals surface area contributed by atoms with Crippen LogP contribution >= 0.6 is 0 Å². The first-order valence-corrected chi connectivity index (χ1v) is 5.49. The van der Waals surface area contributed by atoms with Gasteiger partial charge in [0.25, 0.3) is 0 Å². The average molecular weight is 209 g/mol. The van der Waals surface area contributed by atoms with Gasteiger partial charge in [-0.3, -0.25) is 0 Å². The van der Waals surface area contributed by atoms with Crippen LogP contribution in [0.3, 0.4) is 0 Å². The molecule has 0 spiro atoms. The Morgan fingerprint density at radius 3 is 2.13 bits per heavy atom. The van der Waals surface area contributed by atoms with Gasteiger partial charge in [-0.15, -0.1) is 0 Å². The number of aryl methyl sites for hydroxylation is 2. The molecule has 2 unspecified atom stereocenters. The van der Waals surface area contributed by atoms with E-state index in [1.54, 1.807) is 12.1 Å². The van der Waals surface area contributed by atoms with Gasteiger partial charge in [-0.25, -0.2) is 4.39 Å². The Bertz CT molecular complexity index is 323. The van der Waals surface area contributed by atoms with E-state index in [9.17, 15) is 4.39 Å². The van der Waals surface area contributed by atoms with Crippen molar-refractivity contribution in [3.8, 4) is 0 Å². The topological polar surface area (TPSA) is 26.0 Å². The molecule has 0 bridgehead atoms. The third-order valence-corrected chi connectivity index (χ3v) is 3.15. The first-order chi connectivity index (χ1) is 6.97. The van der Waals surface area contributed by atoms with E-state index in [2.05, 4.69) is 13.8 Å². The third kappa shape index (κ3) is 2.57. The minimum atomic E-state index is -0.176. The molecule has 0 fully saturated rings. The first-order valence-electron chi connectivity index (χ1n) is 5.49. The Morgan fingerprint density at radius 1 is 1.27 bits per heavy atom. The van der Waals surface area contributed by atoms with Gasteiger partial charge in [-0.05, 0) is 48.6 Å². The van der Waals surface area contributed by atoms with Gasteiger partial charge in [0.2, 0.25) is 0 Å². The van der Waals surface area contributed by atoms with E-state index in [0.717, 1.165) is 23.1 Å². The second-order valence-corrected chi connectivity index (χ2v) is 4.36. The van der Waals surface area contributed by atoms with Crippen LogP contribution in [0.1, 0.15) is 43.0 Å². The fourth-order valence-corrected chi connectivity index (χ4v) is 1.99. The molecule has 1 aromatic carbocycles. The summed E-state index contributed by atoms with van der Waals surface area (Å²) in [6.45, 7) is 8.10. The molecule has 0 saturated heterocycles. The molecule has 0 aliphatic heterocycles. The van der Waals surface area contributed by atoms with Crippen LogP contribution in [-0.2, 0) is 0 Å². The van der Waals surface area contributed by atoms with Gasteiger partial charge in [0, 0.05) is 6.04 Å². The van der Waals surface area contributed by atoms with Gasteiger partial charge in [0.1, 0.15) is 5.82 Å². The summed E-state index contributed by atoms with van der Waals surface area (Å²) in [5, 5.41) is 0. The van der Waals surface area contributed by atoms with E-state index < -0.39 is 0 Å². The maximum atomic E-state index is 13.1. The zero-order valence-corrected chi connectivity index (χ0v) is 9.97. The van der Waals surface area contributed by atoms with Crippen molar-refractivity contribution < 1.29 is 4.39 Å². The molecular weight excluding hydrogens is 189 g/mol. The highest BCUT2D eigenvalue weighted by Crippen LogP contribution is 2.28. The molecule has 84 valence electrons. The number of nitrogens with two attached hydrogens (primary N) is 1. The van der Waals surface area contributed by atoms with Crippen molar-refractivity contribution >= 4 is 0 Å². The summed E-state index contributed by atoms with van der Waals surface area (Å²) >= 11 is 0. The van der Waals surface area contributed by atoms with Crippen LogP contribution in [0.2, 0.25) is 0 Å². The number of hydrogen-bond donors (Lipinski definition) is 1. The molecule has 1 rings (SSSR count). The average Bonchev–Trinajstić information content (AvgIpc) is 2.14. The zero-order chi connectivity index (χ0) is 11.6. The van der Waals surface area contributed by atoms with Crippen LogP contribution in [0.15, 0.2) is 12.1 Å². The number of halogens is 1. The highest BCUT2D eigenvalue weighted by Gasteiger charge is 2.17. The lowest BCUT2D eigenvalue weighted by Gasteiger charge is -2.22. The molecule has 1 nitrogen and oxygen atoms in total. The maximum Gasteiger partial charge on any atom is 0.123 e. The maximum absolute atomic E-state index is 13.1. The predicted molar refractivity (Wildman–Crippen MR) is 62.3 cm³/mol. The highest BCUT2D eigenvalue weighted by molar-refractivity contribution is 5.36. The lowest BCUT2D eigenvalue weighted by molar-refractivity contribution is 0.453. The Labute approximate surface area is 91.5 Å². The van der Waals surface area contributed by atoms with Crippen LogP contribution in [0.25, 0.3) is 0 Å². The molecule has 15 heavy (non-hydrogen) atoms. The summed E-state index contributed by atoms with van der Waals surface area (Å²) in [6.07, 6.45) is 1.04. The molecule has 2 N–H and O–H groups in total. The second kappa shape index (κ2) is 4.75. The normalized spacial score (nSPS) is 15.1. The zero-order valence-electron chi connectivity index (χ0n) is 9.97. The van der Waals surface area contributed by atoms with E-state index in [0.29, 0.717) is 5.92 Å². The molecule has 0 saturated carbocycles. The fourth-order valence-electron chi connectivity index (χ4n) is 1.99. The molecular formula is C13H20FN. The van der Waals surface area contributed by atoms with Crippen LogP contribution in [-0.4, -0.2) is 0 Å². The number of rotatable bonds is 3. The SMILES string of the molecule is CCC(C)C(N)c1c(C)cc(F)cc1C. The lowest BCUT2D eigenvalue weighted by atomic mass is 9.88. The van der Waals surface area contributed by atoms with Crippen molar-refractivity contribution in [2.75, 3.05) is 0 Å². The van der Waals surface area contributed by atoms with Crippen molar-refractivity contribution in [2.24, 2.45) is 11.7 Å². The first kappa shape index (κ1) is 12.2. The van der Waals surface area contributed by atoms with E-state index >= 15 is 0 Å². The van der Waals surface area contributed by atoms with Crippen molar-refractivity contribution in [2.45, 2.75) is 40.2 Å². The van der Waals surface area contributed by atoms with Gasteiger partial charge >= 0.3 is 0 Å². The Kier molecular flexibility index (Phi) is 3.86. The quantitative estimate of drug-likeness (QED) is 0.810. The predicted octanol–water partition coefficient (Wildman–Crippen LogP) is 3.49. The molecule has 0 aliphatic carbocycles. The summed E-state index contributed by atoms with van der Waals surface area (Å²) in [6, 6.07) is 3.13. The molecule has 2 heteroatoms. The molecule has 0 aliphatic rings. The minimum Gasteiger partial charge on any atom is -0.324 e. The van der Waals surface area contributed by atoms with Crippen molar-refractivity contribution in [3.63, 3.8) is 0 Å². The van der Waals surface area contributed by atoms with E-state index in [4.69, 9.17) is 5.73 Å². The van der Waals surface area contributed by atoms with Gasteiger partial charge in [0.05, 0.1) is 0 Å². The van der Waals surface area contributed by atoms with Crippen LogP contribution in [0.5, 0.6) is 0 Å². The van der Waals surface area contributed by atoms with Crippen LogP contribution in [0.4, 0.5) is 4.39 Å². The van der Waals surface area contributed by atoms with Gasteiger partial charge < -0.3 is 5.73 Å². The highest BCUT2D eigenvalue weighted by atomic mass is 19.1. The summed E-state index contributed by atoms with van der Waals surface area (Å²) in [5.74, 6) is 0.248. The van der Waals surface area contributed by atoms with Crippen molar-refractivity contribution in [3.05, 3.63) is 34.6 Å². The van der Waals surface area contributed by atoms with E-state index in [1.165, 1.54) is 0 Å². The monoisotopic (exact) mass is 209 g/mol. The fraction of sp³-hybridized carbons (Fsp3) is 0.538. The van der Waals surface area contributed by atoms with Crippen LogP contribution in [0, 0.1) is 25.6 Å². The van der Waals surface area contributed by atoms with E-state index in [-0.39, 0.29) is 11.9 Å². The standard InChI is InChI=1S/C13H20FN/c1-5-8(2)13(15)12-9(3)6-11(14)7-10(12)4/h6-8,13H,5,15H2,1-4H3. The van der Waals surface area contributed by atoms with Crippen LogP contribution < -0.4 is 5.73 Å². The Morgan fingerprint density at radius 2 is 1.73 bits per heavy atom. The Balaban J connectivity index is 3.13. The summed E-state index contributed by atoms with van der Waals surface area (Å²) in [7, 11) is 0. The summed E-state index contributed by atoms with van der Waals surface area (Å²) in [4.78, 5) is 0. The lowest BCUT2D eigenvalue weighted by Crippen LogP contribution is -2.20. The summed E-state index contributed by atoms with van der Waals surface area (Å²) < 4.78 is 13.1. The molecule has 0 amide bonds. The molecule has 1 aromatic rings. The van der Waals surface area contributed by atoms with Gasteiger partial charge in [0.15, 0.2) is 0 Å². The van der Waals surface area contributed by atoms with Gasteiger partial charge in [-0.1, -0.05) is 20.3 Å². The largest absolute Gasteiger partial charge is 0.324 e. The molecule has 2 atom stereocenters. The molecule has 0 heterocycles. The second-order valence-electron chi connectivity index (χ2n) is 4.36. The van der Waals surface area contributed by atoms with E-state index in [1.807, 2.05) is 13.8 Å². The van der Waals surface area contributed by atoms with Crippen molar-refractivity contribution in [1.82, 2.24) is 0 Å². The smallest absolute Gasteiger partial charge is 0.123 e. The Hall–Kier alpha value is -0.890.